The summed E-state index contributed by atoms with van der Waals surface area (Å²) in [5, 5.41) is 6.06. The Morgan fingerprint density at radius 1 is 1.25 bits per heavy atom. The highest BCUT2D eigenvalue weighted by Gasteiger charge is 2.18. The standard InChI is InChI=1S/C14H18N2O4/c17-14(8-11-9-15-3-4-18-11)16-10-1-2-12-13(7-10)20-6-5-19-12/h1-2,7,11,15H,3-6,8-9H2,(H,16,17). The third-order valence-corrected chi connectivity index (χ3v) is 3.24. The van der Waals surface area contributed by atoms with Gasteiger partial charge in [-0.3, -0.25) is 4.79 Å². The fourth-order valence-corrected chi connectivity index (χ4v) is 2.29. The summed E-state index contributed by atoms with van der Waals surface area (Å²) < 4.78 is 16.4. The number of morpholine rings is 1. The van der Waals surface area contributed by atoms with Crippen molar-refractivity contribution in [3.05, 3.63) is 18.2 Å². The first-order chi connectivity index (χ1) is 9.81. The average molecular weight is 278 g/mol. The van der Waals surface area contributed by atoms with E-state index < -0.39 is 0 Å². The molecule has 20 heavy (non-hydrogen) atoms. The molecule has 0 saturated carbocycles. The zero-order chi connectivity index (χ0) is 13.8. The van der Waals surface area contributed by atoms with Crippen LogP contribution in [0.1, 0.15) is 6.42 Å². The molecule has 0 aliphatic carbocycles. The molecule has 2 heterocycles. The van der Waals surface area contributed by atoms with E-state index in [2.05, 4.69) is 10.6 Å². The summed E-state index contributed by atoms with van der Waals surface area (Å²) in [6, 6.07) is 5.40. The van der Waals surface area contributed by atoms with Gasteiger partial charge in [0, 0.05) is 24.8 Å². The topological polar surface area (TPSA) is 68.8 Å². The monoisotopic (exact) mass is 278 g/mol. The van der Waals surface area contributed by atoms with E-state index in [0.717, 1.165) is 6.54 Å². The van der Waals surface area contributed by atoms with Crippen molar-refractivity contribution >= 4 is 11.6 Å². The van der Waals surface area contributed by atoms with E-state index in [1.807, 2.05) is 12.1 Å². The Hall–Kier alpha value is -1.79. The van der Waals surface area contributed by atoms with Gasteiger partial charge in [-0.05, 0) is 12.1 Å². The van der Waals surface area contributed by atoms with Crippen molar-refractivity contribution in [1.29, 1.82) is 0 Å². The maximum atomic E-state index is 12.0. The fourth-order valence-electron chi connectivity index (χ4n) is 2.29. The van der Waals surface area contributed by atoms with Gasteiger partial charge in [0.1, 0.15) is 13.2 Å². The van der Waals surface area contributed by atoms with E-state index >= 15 is 0 Å². The second kappa shape index (κ2) is 6.11. The van der Waals surface area contributed by atoms with E-state index in [1.54, 1.807) is 6.07 Å². The minimum Gasteiger partial charge on any atom is -0.486 e. The number of carbonyl (C=O) groups excluding carboxylic acids is 1. The van der Waals surface area contributed by atoms with Gasteiger partial charge in [0.2, 0.25) is 5.91 Å². The number of ether oxygens (including phenoxy) is 3. The molecule has 1 unspecified atom stereocenters. The molecule has 1 atom stereocenters. The number of hydrogen-bond donors (Lipinski definition) is 2. The Morgan fingerprint density at radius 2 is 2.10 bits per heavy atom. The smallest absolute Gasteiger partial charge is 0.227 e. The van der Waals surface area contributed by atoms with Crippen molar-refractivity contribution in [2.45, 2.75) is 12.5 Å². The Kier molecular flexibility index (Phi) is 4.03. The van der Waals surface area contributed by atoms with Gasteiger partial charge in [0.25, 0.3) is 0 Å². The van der Waals surface area contributed by atoms with E-state index in [1.165, 1.54) is 0 Å². The highest BCUT2D eigenvalue weighted by molar-refractivity contribution is 5.91. The number of carbonyl (C=O) groups is 1. The molecule has 0 bridgehead atoms. The third-order valence-electron chi connectivity index (χ3n) is 3.24. The van der Waals surface area contributed by atoms with Gasteiger partial charge in [-0.1, -0.05) is 0 Å². The zero-order valence-corrected chi connectivity index (χ0v) is 11.2. The molecular formula is C14H18N2O4. The van der Waals surface area contributed by atoms with E-state index in [4.69, 9.17) is 14.2 Å². The van der Waals surface area contributed by atoms with Crippen LogP contribution in [0.25, 0.3) is 0 Å². The highest BCUT2D eigenvalue weighted by atomic mass is 16.6. The first-order valence-electron chi connectivity index (χ1n) is 6.83. The largest absolute Gasteiger partial charge is 0.486 e. The molecule has 108 valence electrons. The molecule has 0 aromatic heterocycles. The van der Waals surface area contributed by atoms with Gasteiger partial charge in [-0.2, -0.15) is 0 Å². The summed E-state index contributed by atoms with van der Waals surface area (Å²) in [5.41, 5.74) is 0.711. The minimum atomic E-state index is -0.0598. The third kappa shape index (κ3) is 3.20. The van der Waals surface area contributed by atoms with Crippen LogP contribution in [-0.2, 0) is 9.53 Å². The number of hydrogen-bond acceptors (Lipinski definition) is 5. The molecule has 1 amide bonds. The van der Waals surface area contributed by atoms with Gasteiger partial charge >= 0.3 is 0 Å². The number of fused-ring (bicyclic) bond motifs is 1. The Bertz CT molecular complexity index is 486. The van der Waals surface area contributed by atoms with Gasteiger partial charge in [0.05, 0.1) is 19.1 Å². The second-order valence-corrected chi connectivity index (χ2v) is 4.81. The Morgan fingerprint density at radius 3 is 2.90 bits per heavy atom. The molecular weight excluding hydrogens is 260 g/mol. The summed E-state index contributed by atoms with van der Waals surface area (Å²) in [5.74, 6) is 1.33. The van der Waals surface area contributed by atoms with Crippen molar-refractivity contribution in [3.63, 3.8) is 0 Å². The number of rotatable bonds is 3. The van der Waals surface area contributed by atoms with Crippen LogP contribution < -0.4 is 20.1 Å². The summed E-state index contributed by atoms with van der Waals surface area (Å²) in [4.78, 5) is 12.0. The van der Waals surface area contributed by atoms with Crippen LogP contribution in [0.4, 0.5) is 5.69 Å². The summed E-state index contributed by atoms with van der Waals surface area (Å²) in [6.07, 6.45) is 0.294. The Balaban J connectivity index is 1.58. The van der Waals surface area contributed by atoms with Crippen LogP contribution >= 0.6 is 0 Å². The van der Waals surface area contributed by atoms with Crippen molar-refractivity contribution in [2.24, 2.45) is 0 Å². The zero-order valence-electron chi connectivity index (χ0n) is 11.2. The minimum absolute atomic E-state index is 0.0547. The molecule has 1 saturated heterocycles. The van der Waals surface area contributed by atoms with Crippen LogP contribution in [0.3, 0.4) is 0 Å². The molecule has 1 aromatic carbocycles. The number of amides is 1. The quantitative estimate of drug-likeness (QED) is 0.855. The van der Waals surface area contributed by atoms with Crippen molar-refractivity contribution in [2.75, 3.05) is 38.2 Å². The van der Waals surface area contributed by atoms with Crippen LogP contribution in [0.15, 0.2) is 18.2 Å². The van der Waals surface area contributed by atoms with Gasteiger partial charge in [-0.25, -0.2) is 0 Å². The highest BCUT2D eigenvalue weighted by Crippen LogP contribution is 2.32. The van der Waals surface area contributed by atoms with Gasteiger partial charge in [-0.15, -0.1) is 0 Å². The van der Waals surface area contributed by atoms with Crippen molar-refractivity contribution < 1.29 is 19.0 Å². The summed E-state index contributed by atoms with van der Waals surface area (Å²) in [7, 11) is 0. The summed E-state index contributed by atoms with van der Waals surface area (Å²) >= 11 is 0. The molecule has 0 spiro atoms. The molecule has 1 fully saturated rings. The molecule has 2 aliphatic rings. The summed E-state index contributed by atoms with van der Waals surface area (Å²) in [6.45, 7) is 3.31. The van der Waals surface area contributed by atoms with E-state index in [9.17, 15) is 4.79 Å². The SMILES string of the molecule is O=C(CC1CNCCO1)Nc1ccc2c(c1)OCCO2. The average Bonchev–Trinajstić information content (AvgIpc) is 2.48. The van der Waals surface area contributed by atoms with Crippen LogP contribution in [0.5, 0.6) is 11.5 Å². The van der Waals surface area contributed by atoms with Crippen molar-refractivity contribution in [3.8, 4) is 11.5 Å². The molecule has 2 N–H and O–H groups in total. The predicted octanol–water partition coefficient (Wildman–Crippen LogP) is 0.775. The molecule has 6 heteroatoms. The van der Waals surface area contributed by atoms with Crippen LogP contribution in [-0.4, -0.2) is 44.9 Å². The Labute approximate surface area is 117 Å². The maximum Gasteiger partial charge on any atom is 0.227 e. The lowest BCUT2D eigenvalue weighted by molar-refractivity contribution is -0.119. The molecule has 6 nitrogen and oxygen atoms in total. The van der Waals surface area contributed by atoms with Crippen LogP contribution in [0.2, 0.25) is 0 Å². The number of benzene rings is 1. The van der Waals surface area contributed by atoms with E-state index in [-0.39, 0.29) is 12.0 Å². The lowest BCUT2D eigenvalue weighted by Gasteiger charge is -2.23. The maximum absolute atomic E-state index is 12.0. The number of nitrogens with one attached hydrogen (secondary N) is 2. The molecule has 0 radical (unpaired) electrons. The predicted molar refractivity (Wildman–Crippen MR) is 73.3 cm³/mol. The first-order valence-corrected chi connectivity index (χ1v) is 6.83. The first kappa shape index (κ1) is 13.2. The van der Waals surface area contributed by atoms with Gasteiger partial charge in [0.15, 0.2) is 11.5 Å². The fraction of sp³-hybridized carbons (Fsp3) is 0.500. The normalized spacial score (nSPS) is 21.3. The lowest BCUT2D eigenvalue weighted by Crippen LogP contribution is -2.40. The van der Waals surface area contributed by atoms with Crippen molar-refractivity contribution in [1.82, 2.24) is 5.32 Å². The van der Waals surface area contributed by atoms with E-state index in [0.29, 0.717) is 50.0 Å². The lowest BCUT2D eigenvalue weighted by atomic mass is 10.2. The molecule has 3 rings (SSSR count). The van der Waals surface area contributed by atoms with Gasteiger partial charge < -0.3 is 24.8 Å². The van der Waals surface area contributed by atoms with Crippen LogP contribution in [0, 0.1) is 0 Å². The number of anilines is 1. The second-order valence-electron chi connectivity index (χ2n) is 4.81. The molecule has 2 aliphatic heterocycles. The molecule has 1 aromatic rings.